The number of hydrogen-bond donors (Lipinski definition) is 1. The zero-order valence-electron chi connectivity index (χ0n) is 15.1. The topological polar surface area (TPSA) is 66.5 Å². The van der Waals surface area contributed by atoms with Crippen molar-refractivity contribution in [3.8, 4) is 0 Å². The third kappa shape index (κ3) is 5.75. The quantitative estimate of drug-likeness (QED) is 0.767. The summed E-state index contributed by atoms with van der Waals surface area (Å²) in [4.78, 5) is 12.1. The molecule has 1 amide bonds. The van der Waals surface area contributed by atoms with Crippen molar-refractivity contribution in [2.24, 2.45) is 0 Å². The van der Waals surface area contributed by atoms with Crippen LogP contribution < -0.4 is 9.62 Å². The molecule has 140 valence electrons. The van der Waals surface area contributed by atoms with Crippen LogP contribution in [-0.2, 0) is 14.8 Å². The minimum atomic E-state index is -3.44. The van der Waals surface area contributed by atoms with Crippen molar-refractivity contribution in [3.05, 3.63) is 58.6 Å². The van der Waals surface area contributed by atoms with Crippen LogP contribution in [0.5, 0.6) is 0 Å². The SMILES string of the molecule is Cc1ccc(NC(=O)CCCN(c2ccc(Cl)cc2)S(C)(=O)=O)cc1C. The Labute approximate surface area is 160 Å². The first-order valence-electron chi connectivity index (χ1n) is 8.27. The first kappa shape index (κ1) is 20.3. The summed E-state index contributed by atoms with van der Waals surface area (Å²) >= 11 is 5.85. The predicted molar refractivity (Wildman–Crippen MR) is 107 cm³/mol. The molecule has 1 N–H and O–H groups in total. The molecule has 0 aromatic heterocycles. The fourth-order valence-electron chi connectivity index (χ4n) is 2.52. The monoisotopic (exact) mass is 394 g/mol. The number of rotatable bonds is 7. The first-order chi connectivity index (χ1) is 12.2. The first-order valence-corrected chi connectivity index (χ1v) is 10.5. The number of amides is 1. The van der Waals surface area contributed by atoms with Crippen LogP contribution in [0.3, 0.4) is 0 Å². The van der Waals surface area contributed by atoms with E-state index in [-0.39, 0.29) is 18.9 Å². The molecule has 26 heavy (non-hydrogen) atoms. The Kier molecular flexibility index (Phi) is 6.67. The van der Waals surface area contributed by atoms with E-state index in [2.05, 4.69) is 5.32 Å². The van der Waals surface area contributed by atoms with Crippen LogP contribution in [0.25, 0.3) is 0 Å². The fraction of sp³-hybridized carbons (Fsp3) is 0.316. The van der Waals surface area contributed by atoms with Gasteiger partial charge in [-0.1, -0.05) is 17.7 Å². The number of aryl methyl sites for hydroxylation is 2. The van der Waals surface area contributed by atoms with E-state index in [1.165, 1.54) is 4.31 Å². The molecule has 2 aromatic rings. The van der Waals surface area contributed by atoms with Crippen LogP contribution in [0.2, 0.25) is 5.02 Å². The van der Waals surface area contributed by atoms with Crippen molar-refractivity contribution < 1.29 is 13.2 Å². The molecule has 0 unspecified atom stereocenters. The fourth-order valence-corrected chi connectivity index (χ4v) is 3.61. The molecule has 0 atom stereocenters. The molecule has 0 radical (unpaired) electrons. The minimum Gasteiger partial charge on any atom is -0.326 e. The van der Waals surface area contributed by atoms with E-state index in [4.69, 9.17) is 11.6 Å². The van der Waals surface area contributed by atoms with Gasteiger partial charge in [0, 0.05) is 23.7 Å². The summed E-state index contributed by atoms with van der Waals surface area (Å²) in [6.07, 6.45) is 1.79. The third-order valence-electron chi connectivity index (χ3n) is 4.07. The van der Waals surface area contributed by atoms with Gasteiger partial charge >= 0.3 is 0 Å². The van der Waals surface area contributed by atoms with Gasteiger partial charge in [0.15, 0.2) is 0 Å². The molecule has 0 bridgehead atoms. The number of halogens is 1. The molecular formula is C19H23ClN2O3S. The summed E-state index contributed by atoms with van der Waals surface area (Å²) in [5, 5.41) is 3.38. The average Bonchev–Trinajstić information content (AvgIpc) is 2.55. The van der Waals surface area contributed by atoms with Gasteiger partial charge in [0.25, 0.3) is 0 Å². The van der Waals surface area contributed by atoms with Gasteiger partial charge in [-0.05, 0) is 67.8 Å². The number of carbonyl (C=O) groups is 1. The van der Waals surface area contributed by atoms with Gasteiger partial charge in [0.05, 0.1) is 11.9 Å². The van der Waals surface area contributed by atoms with Gasteiger partial charge in [-0.25, -0.2) is 8.42 Å². The van der Waals surface area contributed by atoms with Crippen LogP contribution >= 0.6 is 11.6 Å². The highest BCUT2D eigenvalue weighted by atomic mass is 35.5. The summed E-state index contributed by atoms with van der Waals surface area (Å²) < 4.78 is 25.4. The highest BCUT2D eigenvalue weighted by molar-refractivity contribution is 7.92. The zero-order valence-corrected chi connectivity index (χ0v) is 16.7. The number of anilines is 2. The van der Waals surface area contributed by atoms with E-state index in [9.17, 15) is 13.2 Å². The predicted octanol–water partition coefficient (Wildman–Crippen LogP) is 4.14. The van der Waals surface area contributed by atoms with E-state index in [1.54, 1.807) is 24.3 Å². The Morgan fingerprint density at radius 1 is 1.08 bits per heavy atom. The molecule has 0 spiro atoms. The molecule has 0 saturated heterocycles. The number of nitrogens with zero attached hydrogens (tertiary/aromatic N) is 1. The maximum atomic E-state index is 12.1. The molecule has 5 nitrogen and oxygen atoms in total. The van der Waals surface area contributed by atoms with Crippen LogP contribution in [0.1, 0.15) is 24.0 Å². The van der Waals surface area contributed by atoms with Crippen molar-refractivity contribution in [3.63, 3.8) is 0 Å². The van der Waals surface area contributed by atoms with Gasteiger partial charge in [0.1, 0.15) is 0 Å². The van der Waals surface area contributed by atoms with Gasteiger partial charge in [-0.15, -0.1) is 0 Å². The molecule has 0 aliphatic carbocycles. The van der Waals surface area contributed by atoms with Gasteiger partial charge in [0.2, 0.25) is 15.9 Å². The Balaban J connectivity index is 1.95. The molecule has 2 rings (SSSR count). The number of sulfonamides is 1. The van der Waals surface area contributed by atoms with Gasteiger partial charge < -0.3 is 5.32 Å². The van der Waals surface area contributed by atoms with Crippen LogP contribution in [-0.4, -0.2) is 27.1 Å². The summed E-state index contributed by atoms with van der Waals surface area (Å²) in [6.45, 7) is 4.22. The van der Waals surface area contributed by atoms with Crippen molar-refractivity contribution in [1.29, 1.82) is 0 Å². The Morgan fingerprint density at radius 2 is 1.73 bits per heavy atom. The van der Waals surface area contributed by atoms with Crippen molar-refractivity contribution in [2.75, 3.05) is 22.4 Å². The van der Waals surface area contributed by atoms with E-state index in [1.807, 2.05) is 32.0 Å². The van der Waals surface area contributed by atoms with E-state index < -0.39 is 10.0 Å². The largest absolute Gasteiger partial charge is 0.326 e. The second-order valence-electron chi connectivity index (χ2n) is 6.26. The molecular weight excluding hydrogens is 372 g/mol. The smallest absolute Gasteiger partial charge is 0.232 e. The zero-order chi connectivity index (χ0) is 19.3. The molecule has 7 heteroatoms. The lowest BCUT2D eigenvalue weighted by Crippen LogP contribution is -2.31. The lowest BCUT2D eigenvalue weighted by atomic mass is 10.1. The standard InChI is InChI=1S/C19H23ClN2O3S/c1-14-6-9-17(13-15(14)2)21-19(23)5-4-12-22(26(3,24)25)18-10-7-16(20)8-11-18/h6-11,13H,4-5,12H2,1-3H3,(H,21,23). The van der Waals surface area contributed by atoms with Crippen LogP contribution in [0.4, 0.5) is 11.4 Å². The summed E-state index contributed by atoms with van der Waals surface area (Å²) in [5.74, 6) is -0.141. The Morgan fingerprint density at radius 3 is 2.31 bits per heavy atom. The van der Waals surface area contributed by atoms with Crippen molar-refractivity contribution >= 4 is 38.9 Å². The third-order valence-corrected chi connectivity index (χ3v) is 5.52. The highest BCUT2D eigenvalue weighted by Gasteiger charge is 2.17. The van der Waals surface area contributed by atoms with Gasteiger partial charge in [-0.3, -0.25) is 9.10 Å². The van der Waals surface area contributed by atoms with E-state index in [0.717, 1.165) is 23.1 Å². The maximum absolute atomic E-state index is 12.1. The van der Waals surface area contributed by atoms with Crippen LogP contribution in [0.15, 0.2) is 42.5 Å². The normalized spacial score (nSPS) is 11.2. The molecule has 2 aromatic carbocycles. The minimum absolute atomic E-state index is 0.141. The van der Waals surface area contributed by atoms with Gasteiger partial charge in [-0.2, -0.15) is 0 Å². The maximum Gasteiger partial charge on any atom is 0.232 e. The number of carbonyl (C=O) groups excluding carboxylic acids is 1. The molecule has 0 saturated carbocycles. The molecule has 0 heterocycles. The van der Waals surface area contributed by atoms with Crippen LogP contribution in [0, 0.1) is 13.8 Å². The lowest BCUT2D eigenvalue weighted by Gasteiger charge is -2.22. The summed E-state index contributed by atoms with van der Waals surface area (Å²) in [7, 11) is -3.44. The van der Waals surface area contributed by atoms with E-state index in [0.29, 0.717) is 17.1 Å². The second kappa shape index (κ2) is 8.56. The highest BCUT2D eigenvalue weighted by Crippen LogP contribution is 2.21. The molecule has 0 aliphatic rings. The van der Waals surface area contributed by atoms with Crippen molar-refractivity contribution in [1.82, 2.24) is 0 Å². The van der Waals surface area contributed by atoms with E-state index >= 15 is 0 Å². The van der Waals surface area contributed by atoms with Crippen molar-refractivity contribution in [2.45, 2.75) is 26.7 Å². The Bertz CT molecular complexity index is 880. The Hall–Kier alpha value is -2.05. The molecule has 0 fully saturated rings. The average molecular weight is 395 g/mol. The summed E-state index contributed by atoms with van der Waals surface area (Å²) in [6, 6.07) is 12.3. The molecule has 0 aliphatic heterocycles. The number of nitrogens with one attached hydrogen (secondary N) is 1. The lowest BCUT2D eigenvalue weighted by molar-refractivity contribution is -0.116. The second-order valence-corrected chi connectivity index (χ2v) is 8.61. The summed E-state index contributed by atoms with van der Waals surface area (Å²) in [5.41, 5.74) is 3.55. The number of hydrogen-bond acceptors (Lipinski definition) is 3. The number of benzene rings is 2.